The summed E-state index contributed by atoms with van der Waals surface area (Å²) in [6.45, 7) is 2.44. The van der Waals surface area contributed by atoms with Gasteiger partial charge in [-0.3, -0.25) is 9.89 Å². The number of alkyl halides is 3. The first-order valence-electron chi connectivity index (χ1n) is 8.35. The Kier molecular flexibility index (Phi) is 3.34. The number of rotatable bonds is 3. The van der Waals surface area contributed by atoms with Gasteiger partial charge in [-0.15, -0.1) is 0 Å². The number of halogens is 3. The zero-order chi connectivity index (χ0) is 17.1. The summed E-state index contributed by atoms with van der Waals surface area (Å²) < 4.78 is 38.6. The summed E-state index contributed by atoms with van der Waals surface area (Å²) in [4.78, 5) is 12.2. The van der Waals surface area contributed by atoms with E-state index < -0.39 is 23.3 Å². The minimum atomic E-state index is -4.61. The monoisotopic (exact) mass is 339 g/mol. The summed E-state index contributed by atoms with van der Waals surface area (Å²) in [6.07, 6.45) is 3.23. The summed E-state index contributed by atoms with van der Waals surface area (Å²) in [6, 6.07) is 0. The van der Waals surface area contributed by atoms with Gasteiger partial charge in [-0.1, -0.05) is 18.6 Å². The van der Waals surface area contributed by atoms with Gasteiger partial charge >= 0.3 is 6.18 Å². The van der Waals surface area contributed by atoms with Crippen LogP contribution in [0.5, 0.6) is 0 Å². The van der Waals surface area contributed by atoms with Crippen molar-refractivity contribution in [3.8, 4) is 0 Å². The van der Waals surface area contributed by atoms with E-state index >= 15 is 0 Å². The Morgan fingerprint density at radius 1 is 1.46 bits per heavy atom. The third-order valence-electron chi connectivity index (χ3n) is 5.88. The van der Waals surface area contributed by atoms with E-state index in [2.05, 4.69) is 23.4 Å². The Balaban J connectivity index is 1.47. The van der Waals surface area contributed by atoms with E-state index in [9.17, 15) is 18.0 Å². The Labute approximate surface area is 137 Å². The molecule has 1 amide bonds. The number of H-pyrrole nitrogens is 1. The fourth-order valence-electron chi connectivity index (χ4n) is 4.89. The first-order valence-corrected chi connectivity index (χ1v) is 8.35. The SMILES string of the molecule is CC1(CNC(=O)c2cn[nH]c2C(F)(F)F)C=C2CC3CC(CC23)C1. The third-order valence-corrected chi connectivity index (χ3v) is 5.88. The van der Waals surface area contributed by atoms with E-state index in [0.29, 0.717) is 12.5 Å². The topological polar surface area (TPSA) is 57.8 Å². The molecule has 0 aliphatic heterocycles. The van der Waals surface area contributed by atoms with Crippen molar-refractivity contribution in [1.29, 1.82) is 0 Å². The molecule has 2 fully saturated rings. The quantitative estimate of drug-likeness (QED) is 0.828. The number of carbonyl (C=O) groups is 1. The molecule has 0 spiro atoms. The van der Waals surface area contributed by atoms with Crippen LogP contribution >= 0.6 is 0 Å². The normalized spacial score (nSPS) is 34.3. The molecule has 4 nitrogen and oxygen atoms in total. The number of hydrogen-bond donors (Lipinski definition) is 2. The third kappa shape index (κ3) is 2.54. The lowest BCUT2D eigenvalue weighted by atomic mass is 9.67. The van der Waals surface area contributed by atoms with Crippen molar-refractivity contribution >= 4 is 5.91 Å². The number of aromatic nitrogens is 2. The van der Waals surface area contributed by atoms with Crippen molar-refractivity contribution in [3.63, 3.8) is 0 Å². The van der Waals surface area contributed by atoms with E-state index in [1.54, 1.807) is 0 Å². The van der Waals surface area contributed by atoms with Crippen molar-refractivity contribution in [2.75, 3.05) is 6.54 Å². The molecule has 130 valence electrons. The van der Waals surface area contributed by atoms with E-state index in [1.807, 2.05) is 5.10 Å². The standard InChI is InChI=1S/C17H20F3N3O/c1-16(5-9-2-10-4-11(6-16)12(10)3-9)8-21-15(24)13-7-22-23-14(13)17(18,19)20/h6-7,9-10,12H,2-5,8H2,1H3,(H,21,24)(H,22,23). The van der Waals surface area contributed by atoms with E-state index in [0.717, 1.165) is 30.9 Å². The molecule has 7 heteroatoms. The van der Waals surface area contributed by atoms with Crippen LogP contribution in [0.25, 0.3) is 0 Å². The molecule has 2 bridgehead atoms. The average molecular weight is 339 g/mol. The zero-order valence-corrected chi connectivity index (χ0v) is 13.4. The molecular formula is C17H20F3N3O. The van der Waals surface area contributed by atoms with Crippen LogP contribution in [-0.4, -0.2) is 22.6 Å². The molecule has 3 aliphatic rings. The highest BCUT2D eigenvalue weighted by atomic mass is 19.4. The van der Waals surface area contributed by atoms with Gasteiger partial charge in [0.2, 0.25) is 0 Å². The van der Waals surface area contributed by atoms with Crippen molar-refractivity contribution in [1.82, 2.24) is 15.5 Å². The van der Waals surface area contributed by atoms with Gasteiger partial charge in [0.25, 0.3) is 5.91 Å². The molecular weight excluding hydrogens is 319 g/mol. The Morgan fingerprint density at radius 3 is 3.00 bits per heavy atom. The molecule has 3 aliphatic carbocycles. The second-order valence-corrected chi connectivity index (χ2v) is 7.82. The molecule has 1 heterocycles. The smallest absolute Gasteiger partial charge is 0.351 e. The van der Waals surface area contributed by atoms with Gasteiger partial charge < -0.3 is 5.32 Å². The highest BCUT2D eigenvalue weighted by Gasteiger charge is 2.48. The lowest BCUT2D eigenvalue weighted by Crippen LogP contribution is -2.37. The number of nitrogens with one attached hydrogen (secondary N) is 2. The molecule has 24 heavy (non-hydrogen) atoms. The number of nitrogens with zero attached hydrogens (tertiary/aromatic N) is 1. The van der Waals surface area contributed by atoms with Gasteiger partial charge in [0.05, 0.1) is 11.8 Å². The minimum Gasteiger partial charge on any atom is -0.351 e. The predicted octanol–water partition coefficient (Wildman–Crippen LogP) is 3.54. The second-order valence-electron chi connectivity index (χ2n) is 7.82. The zero-order valence-electron chi connectivity index (χ0n) is 13.4. The number of aromatic amines is 1. The number of allylic oxidation sites excluding steroid dienone is 1. The maximum atomic E-state index is 12.9. The van der Waals surface area contributed by atoms with Crippen LogP contribution in [0.15, 0.2) is 17.8 Å². The van der Waals surface area contributed by atoms with Gasteiger partial charge in [-0.25, -0.2) is 0 Å². The first-order chi connectivity index (χ1) is 11.3. The summed E-state index contributed by atoms with van der Waals surface area (Å²) in [5, 5.41) is 7.93. The number of carbonyl (C=O) groups excluding carboxylic acids is 1. The van der Waals surface area contributed by atoms with Gasteiger partial charge in [0.1, 0.15) is 0 Å². The van der Waals surface area contributed by atoms with Crippen LogP contribution in [0, 0.1) is 23.2 Å². The predicted molar refractivity (Wildman–Crippen MR) is 81.1 cm³/mol. The lowest BCUT2D eigenvalue weighted by Gasteiger charge is -2.38. The van der Waals surface area contributed by atoms with E-state index in [-0.39, 0.29) is 5.41 Å². The van der Waals surface area contributed by atoms with E-state index in [4.69, 9.17) is 0 Å². The van der Waals surface area contributed by atoms with E-state index in [1.165, 1.54) is 18.4 Å². The first kappa shape index (κ1) is 15.7. The van der Waals surface area contributed by atoms with Crippen LogP contribution in [0.1, 0.15) is 48.7 Å². The maximum absolute atomic E-state index is 12.9. The van der Waals surface area contributed by atoms with Crippen LogP contribution in [0.3, 0.4) is 0 Å². The molecule has 2 N–H and O–H groups in total. The highest BCUT2D eigenvalue weighted by Crippen LogP contribution is 2.58. The minimum absolute atomic E-state index is 0.183. The largest absolute Gasteiger partial charge is 0.433 e. The number of amides is 1. The average Bonchev–Trinajstić information content (AvgIpc) is 3.04. The Hall–Kier alpha value is -1.79. The molecule has 4 unspecified atom stereocenters. The summed E-state index contributed by atoms with van der Waals surface area (Å²) in [7, 11) is 0. The number of hydrogen-bond acceptors (Lipinski definition) is 2. The van der Waals surface area contributed by atoms with Crippen molar-refractivity contribution in [2.45, 2.75) is 38.8 Å². The molecule has 4 atom stereocenters. The molecule has 4 rings (SSSR count). The molecule has 1 aromatic rings. The molecule has 2 saturated carbocycles. The fourth-order valence-corrected chi connectivity index (χ4v) is 4.89. The molecule has 1 aromatic heterocycles. The number of fused-ring (bicyclic) bond motifs is 1. The fraction of sp³-hybridized carbons (Fsp3) is 0.647. The highest BCUT2D eigenvalue weighted by molar-refractivity contribution is 5.95. The van der Waals surface area contributed by atoms with Crippen LogP contribution in [-0.2, 0) is 6.18 Å². The van der Waals surface area contributed by atoms with Crippen molar-refractivity contribution in [3.05, 3.63) is 29.1 Å². The van der Waals surface area contributed by atoms with Gasteiger partial charge in [-0.2, -0.15) is 18.3 Å². The second kappa shape index (κ2) is 5.10. The van der Waals surface area contributed by atoms with Gasteiger partial charge in [-0.05, 0) is 43.4 Å². The molecule has 0 aromatic carbocycles. The summed E-state index contributed by atoms with van der Waals surface area (Å²) in [5.74, 6) is 1.51. The van der Waals surface area contributed by atoms with Crippen molar-refractivity contribution < 1.29 is 18.0 Å². The molecule has 0 saturated heterocycles. The lowest BCUT2D eigenvalue weighted by molar-refractivity contribution is -0.141. The van der Waals surface area contributed by atoms with Crippen LogP contribution in [0.4, 0.5) is 13.2 Å². The van der Waals surface area contributed by atoms with Gasteiger partial charge in [0, 0.05) is 12.0 Å². The van der Waals surface area contributed by atoms with Crippen LogP contribution < -0.4 is 5.32 Å². The Bertz CT molecular complexity index is 708. The van der Waals surface area contributed by atoms with Crippen LogP contribution in [0.2, 0.25) is 0 Å². The van der Waals surface area contributed by atoms with Crippen molar-refractivity contribution in [2.24, 2.45) is 23.2 Å². The summed E-state index contributed by atoms with van der Waals surface area (Å²) in [5.41, 5.74) is -0.239. The molecule has 0 radical (unpaired) electrons. The Morgan fingerprint density at radius 2 is 2.25 bits per heavy atom. The van der Waals surface area contributed by atoms with Gasteiger partial charge in [0.15, 0.2) is 5.69 Å². The maximum Gasteiger partial charge on any atom is 0.433 e. The summed E-state index contributed by atoms with van der Waals surface area (Å²) >= 11 is 0.